The molecule has 2 aliphatic rings. The fraction of sp³-hybridized carbons (Fsp3) is 0.647. The van der Waals surface area contributed by atoms with E-state index < -0.39 is 0 Å². The van der Waals surface area contributed by atoms with E-state index in [4.69, 9.17) is 4.98 Å². The number of nitrogens with one attached hydrogen (secondary N) is 1. The molecule has 2 heterocycles. The van der Waals surface area contributed by atoms with Gasteiger partial charge >= 0.3 is 0 Å². The van der Waals surface area contributed by atoms with Gasteiger partial charge in [0, 0.05) is 24.3 Å². The number of piperidine rings is 1. The van der Waals surface area contributed by atoms with E-state index in [9.17, 15) is 5.26 Å². The average Bonchev–Trinajstić information content (AvgIpc) is 2.50. The van der Waals surface area contributed by atoms with Crippen molar-refractivity contribution in [3.8, 4) is 6.07 Å². The molecular weight excluding hydrogens is 260 g/mol. The maximum absolute atomic E-state index is 9.41. The summed E-state index contributed by atoms with van der Waals surface area (Å²) in [5, 5.41) is 12.9. The van der Waals surface area contributed by atoms with Crippen LogP contribution >= 0.6 is 0 Å². The van der Waals surface area contributed by atoms with Crippen LogP contribution in [0.1, 0.15) is 49.4 Å². The van der Waals surface area contributed by atoms with Crippen LogP contribution in [0.15, 0.2) is 6.07 Å². The highest BCUT2D eigenvalue weighted by Crippen LogP contribution is 2.26. The molecule has 0 saturated carbocycles. The number of rotatable bonds is 2. The van der Waals surface area contributed by atoms with Crippen LogP contribution in [0.5, 0.6) is 0 Å². The van der Waals surface area contributed by atoms with Gasteiger partial charge in [-0.15, -0.1) is 0 Å². The number of nitrogens with zero attached hydrogens (tertiary/aromatic N) is 3. The fourth-order valence-electron chi connectivity index (χ4n) is 3.44. The smallest absolute Gasteiger partial charge is 0.144 e. The third kappa shape index (κ3) is 3.03. The maximum atomic E-state index is 9.41. The van der Waals surface area contributed by atoms with Gasteiger partial charge in [-0.3, -0.25) is 0 Å². The van der Waals surface area contributed by atoms with Crippen LogP contribution in [0.2, 0.25) is 0 Å². The summed E-state index contributed by atoms with van der Waals surface area (Å²) >= 11 is 0. The van der Waals surface area contributed by atoms with Crippen molar-refractivity contribution in [1.29, 1.82) is 5.26 Å². The zero-order valence-electron chi connectivity index (χ0n) is 13.0. The van der Waals surface area contributed by atoms with E-state index in [1.165, 1.54) is 24.1 Å². The Morgan fingerprint density at radius 1 is 1.38 bits per heavy atom. The minimum Gasteiger partial charge on any atom is -0.366 e. The van der Waals surface area contributed by atoms with Gasteiger partial charge in [-0.2, -0.15) is 5.26 Å². The molecule has 1 aromatic heterocycles. The van der Waals surface area contributed by atoms with E-state index in [2.05, 4.69) is 36.3 Å². The number of hydrogen-bond donors (Lipinski definition) is 1. The van der Waals surface area contributed by atoms with Crippen molar-refractivity contribution in [1.82, 2.24) is 9.88 Å². The molecule has 2 atom stereocenters. The first-order valence-corrected chi connectivity index (χ1v) is 8.07. The Labute approximate surface area is 127 Å². The first kappa shape index (κ1) is 14.3. The summed E-state index contributed by atoms with van der Waals surface area (Å²) in [4.78, 5) is 7.17. The highest BCUT2D eigenvalue weighted by molar-refractivity contribution is 5.55. The van der Waals surface area contributed by atoms with Crippen LogP contribution in [-0.2, 0) is 12.8 Å². The lowest BCUT2D eigenvalue weighted by atomic mass is 9.94. The number of fused-ring (bicyclic) bond motifs is 1. The quantitative estimate of drug-likeness (QED) is 0.907. The van der Waals surface area contributed by atoms with Crippen molar-refractivity contribution in [2.45, 2.75) is 57.5 Å². The number of likely N-dealkylation sites (tertiary alicyclic amines) is 1. The van der Waals surface area contributed by atoms with Gasteiger partial charge in [-0.05, 0) is 64.1 Å². The molecule has 112 valence electrons. The molecule has 4 nitrogen and oxygen atoms in total. The highest BCUT2D eigenvalue weighted by atomic mass is 15.2. The van der Waals surface area contributed by atoms with Crippen molar-refractivity contribution in [2.75, 3.05) is 18.9 Å². The SMILES string of the molecule is CC1CC(Nc2nc3c(cc2C#N)CCCC3)CCN1C. The van der Waals surface area contributed by atoms with Crippen LogP contribution in [0, 0.1) is 11.3 Å². The zero-order valence-corrected chi connectivity index (χ0v) is 13.0. The van der Waals surface area contributed by atoms with E-state index in [0.717, 1.165) is 38.0 Å². The third-order valence-corrected chi connectivity index (χ3v) is 4.97. The molecule has 1 saturated heterocycles. The monoisotopic (exact) mass is 284 g/mol. The molecule has 0 spiro atoms. The lowest BCUT2D eigenvalue weighted by Crippen LogP contribution is -2.42. The number of aromatic nitrogens is 1. The molecule has 1 aromatic rings. The summed E-state index contributed by atoms with van der Waals surface area (Å²) in [6, 6.07) is 5.39. The number of pyridine rings is 1. The largest absolute Gasteiger partial charge is 0.366 e. The summed E-state index contributed by atoms with van der Waals surface area (Å²) in [6.45, 7) is 3.37. The first-order chi connectivity index (χ1) is 10.2. The Hall–Kier alpha value is -1.60. The Balaban J connectivity index is 1.80. The fourth-order valence-corrected chi connectivity index (χ4v) is 3.44. The number of aryl methyl sites for hydroxylation is 2. The summed E-state index contributed by atoms with van der Waals surface area (Å²) in [5.74, 6) is 0.805. The lowest BCUT2D eigenvalue weighted by Gasteiger charge is -2.35. The number of nitriles is 1. The third-order valence-electron chi connectivity index (χ3n) is 4.97. The molecule has 21 heavy (non-hydrogen) atoms. The van der Waals surface area contributed by atoms with Crippen LogP contribution in [0.3, 0.4) is 0 Å². The Kier molecular flexibility index (Phi) is 4.12. The topological polar surface area (TPSA) is 52.0 Å². The molecule has 2 unspecified atom stereocenters. The van der Waals surface area contributed by atoms with Gasteiger partial charge in [-0.25, -0.2) is 4.98 Å². The summed E-state index contributed by atoms with van der Waals surface area (Å²) in [7, 11) is 2.18. The van der Waals surface area contributed by atoms with E-state index in [0.29, 0.717) is 17.6 Å². The molecule has 1 N–H and O–H groups in total. The standard InChI is InChI=1S/C17H24N4/c1-12-9-15(7-8-21(12)2)19-17-14(11-18)10-13-5-3-4-6-16(13)20-17/h10,12,15H,3-9H2,1-2H3,(H,19,20). The van der Waals surface area contributed by atoms with Gasteiger partial charge in [0.2, 0.25) is 0 Å². The first-order valence-electron chi connectivity index (χ1n) is 8.07. The minimum absolute atomic E-state index is 0.428. The van der Waals surface area contributed by atoms with Crippen LogP contribution in [0.4, 0.5) is 5.82 Å². The molecular formula is C17H24N4. The second-order valence-electron chi connectivity index (χ2n) is 6.50. The van der Waals surface area contributed by atoms with Crippen LogP contribution < -0.4 is 5.32 Å². The summed E-state index contributed by atoms with van der Waals surface area (Å²) in [5.41, 5.74) is 3.19. The Morgan fingerprint density at radius 3 is 2.95 bits per heavy atom. The van der Waals surface area contributed by atoms with Gasteiger partial charge in [-0.1, -0.05) is 0 Å². The van der Waals surface area contributed by atoms with Crippen LogP contribution in [-0.4, -0.2) is 35.6 Å². The predicted octanol–water partition coefficient (Wildman–Crippen LogP) is 2.73. The molecule has 0 aromatic carbocycles. The van der Waals surface area contributed by atoms with Crippen LogP contribution in [0.25, 0.3) is 0 Å². The molecule has 0 radical (unpaired) electrons. The molecule has 0 amide bonds. The average molecular weight is 284 g/mol. The van der Waals surface area contributed by atoms with Gasteiger partial charge < -0.3 is 10.2 Å². The van der Waals surface area contributed by atoms with Gasteiger partial charge in [0.15, 0.2) is 0 Å². The van der Waals surface area contributed by atoms with Crippen molar-refractivity contribution >= 4 is 5.82 Å². The maximum Gasteiger partial charge on any atom is 0.144 e. The van der Waals surface area contributed by atoms with Gasteiger partial charge in [0.25, 0.3) is 0 Å². The van der Waals surface area contributed by atoms with E-state index in [1.807, 2.05) is 0 Å². The van der Waals surface area contributed by atoms with Crippen molar-refractivity contribution in [3.63, 3.8) is 0 Å². The second-order valence-corrected chi connectivity index (χ2v) is 6.50. The highest BCUT2D eigenvalue weighted by Gasteiger charge is 2.24. The van der Waals surface area contributed by atoms with Gasteiger partial charge in [0.1, 0.15) is 11.9 Å². The van der Waals surface area contributed by atoms with Crippen molar-refractivity contribution < 1.29 is 0 Å². The number of anilines is 1. The lowest BCUT2D eigenvalue weighted by molar-refractivity contribution is 0.190. The predicted molar refractivity (Wildman–Crippen MR) is 84.3 cm³/mol. The number of hydrogen-bond acceptors (Lipinski definition) is 4. The Bertz CT molecular complexity index is 561. The Morgan fingerprint density at radius 2 is 2.19 bits per heavy atom. The normalized spacial score (nSPS) is 26.0. The molecule has 0 bridgehead atoms. The molecule has 1 fully saturated rings. The second kappa shape index (κ2) is 6.03. The summed E-state index contributed by atoms with van der Waals surface area (Å²) in [6.07, 6.45) is 6.79. The minimum atomic E-state index is 0.428. The van der Waals surface area contributed by atoms with E-state index in [1.54, 1.807) is 0 Å². The molecule has 1 aliphatic heterocycles. The van der Waals surface area contributed by atoms with E-state index >= 15 is 0 Å². The zero-order chi connectivity index (χ0) is 14.8. The van der Waals surface area contributed by atoms with E-state index in [-0.39, 0.29) is 0 Å². The van der Waals surface area contributed by atoms with Crippen molar-refractivity contribution in [3.05, 3.63) is 22.9 Å². The summed E-state index contributed by atoms with van der Waals surface area (Å²) < 4.78 is 0. The molecule has 1 aliphatic carbocycles. The van der Waals surface area contributed by atoms with Gasteiger partial charge in [0.05, 0.1) is 5.56 Å². The molecule has 4 heteroatoms. The molecule has 3 rings (SSSR count). The van der Waals surface area contributed by atoms with Crippen molar-refractivity contribution in [2.24, 2.45) is 0 Å².